The first-order valence-corrected chi connectivity index (χ1v) is 7.29. The Morgan fingerprint density at radius 2 is 2.10 bits per heavy atom. The van der Waals surface area contributed by atoms with Crippen LogP contribution in [0.5, 0.6) is 5.75 Å². The second-order valence-electron chi connectivity index (χ2n) is 5.03. The van der Waals surface area contributed by atoms with Gasteiger partial charge in [-0.2, -0.15) is 0 Å². The van der Waals surface area contributed by atoms with Gasteiger partial charge in [0.2, 0.25) is 0 Å². The minimum absolute atomic E-state index is 0.194. The van der Waals surface area contributed by atoms with Crippen molar-refractivity contribution < 1.29 is 14.6 Å². The molecule has 1 aliphatic heterocycles. The number of fused-ring (bicyclic) bond motifs is 1. The first-order valence-electron chi connectivity index (χ1n) is 6.50. The number of methoxy groups -OCH3 is 1. The number of ether oxygens (including phenoxy) is 1. The summed E-state index contributed by atoms with van der Waals surface area (Å²) in [6.07, 6.45) is 0.194. The third-order valence-corrected chi connectivity index (χ3v) is 4.14. The highest BCUT2D eigenvalue weighted by Crippen LogP contribution is 2.40. The number of nitrogens with one attached hydrogen (secondary N) is 1. The normalized spacial score (nSPS) is 20.0. The fourth-order valence-corrected chi connectivity index (χ4v) is 2.93. The molecule has 1 aliphatic rings. The molecule has 0 saturated heterocycles. The number of hydrogen-bond acceptors (Lipinski definition) is 3. The minimum Gasteiger partial charge on any atom is -0.497 e. The van der Waals surface area contributed by atoms with Crippen molar-refractivity contribution in [2.45, 2.75) is 12.0 Å². The van der Waals surface area contributed by atoms with Crippen LogP contribution in [-0.4, -0.2) is 18.1 Å². The highest BCUT2D eigenvalue weighted by Gasteiger charge is 2.45. The summed E-state index contributed by atoms with van der Waals surface area (Å²) < 4.78 is 6.00. The molecule has 1 atom stereocenters. The van der Waals surface area contributed by atoms with Crippen LogP contribution in [0.4, 0.5) is 5.69 Å². The molecule has 0 unspecified atom stereocenters. The van der Waals surface area contributed by atoms with Gasteiger partial charge in [0.25, 0.3) is 5.91 Å². The summed E-state index contributed by atoms with van der Waals surface area (Å²) in [5.41, 5.74) is 0.504. The van der Waals surface area contributed by atoms with E-state index < -0.39 is 11.5 Å². The largest absolute Gasteiger partial charge is 0.497 e. The third-order valence-electron chi connectivity index (χ3n) is 3.65. The maximum absolute atomic E-state index is 12.2. The van der Waals surface area contributed by atoms with Gasteiger partial charge in [0, 0.05) is 22.1 Å². The molecule has 2 aromatic carbocycles. The molecule has 0 saturated carbocycles. The van der Waals surface area contributed by atoms with E-state index in [1.54, 1.807) is 19.2 Å². The number of rotatable bonds is 3. The van der Waals surface area contributed by atoms with Crippen LogP contribution in [0.25, 0.3) is 0 Å². The number of benzene rings is 2. The lowest BCUT2D eigenvalue weighted by Gasteiger charge is -2.21. The van der Waals surface area contributed by atoms with Crippen LogP contribution in [0.1, 0.15) is 11.1 Å². The van der Waals surface area contributed by atoms with Crippen molar-refractivity contribution in [1.82, 2.24) is 0 Å². The van der Waals surface area contributed by atoms with Crippen LogP contribution in [-0.2, 0) is 16.8 Å². The highest BCUT2D eigenvalue weighted by atomic mass is 79.9. The fourth-order valence-electron chi connectivity index (χ4n) is 2.57. The molecule has 1 amide bonds. The topological polar surface area (TPSA) is 58.6 Å². The molecule has 0 radical (unpaired) electrons. The zero-order valence-corrected chi connectivity index (χ0v) is 13.0. The zero-order chi connectivity index (χ0) is 15.0. The van der Waals surface area contributed by atoms with E-state index in [2.05, 4.69) is 21.2 Å². The summed E-state index contributed by atoms with van der Waals surface area (Å²) in [6.45, 7) is 0. The standard InChI is InChI=1S/C16H14BrNO3/c1-21-12-4-2-3-10(7-12)9-16(20)13-8-11(17)5-6-14(13)18-15(16)19/h2-8,20H,9H2,1H3,(H,18,19)/t16-/m1/s1. The average Bonchev–Trinajstić information content (AvgIpc) is 2.71. The lowest BCUT2D eigenvalue weighted by atomic mass is 9.88. The Balaban J connectivity index is 2.01. The number of amides is 1. The zero-order valence-electron chi connectivity index (χ0n) is 11.4. The number of carbonyl (C=O) groups excluding carboxylic acids is 1. The first kappa shape index (κ1) is 14.1. The smallest absolute Gasteiger partial charge is 0.261 e. The second kappa shape index (κ2) is 5.16. The van der Waals surface area contributed by atoms with E-state index in [1.165, 1.54) is 0 Å². The summed E-state index contributed by atoms with van der Waals surface area (Å²) in [5, 5.41) is 13.6. The molecule has 5 heteroatoms. The van der Waals surface area contributed by atoms with Crippen molar-refractivity contribution in [2.24, 2.45) is 0 Å². The van der Waals surface area contributed by atoms with Crippen molar-refractivity contribution >= 4 is 27.5 Å². The van der Waals surface area contributed by atoms with Gasteiger partial charge >= 0.3 is 0 Å². The molecule has 0 spiro atoms. The number of hydrogen-bond donors (Lipinski definition) is 2. The summed E-state index contributed by atoms with van der Waals surface area (Å²) in [5.74, 6) is 0.294. The van der Waals surface area contributed by atoms with Gasteiger partial charge in [-0.25, -0.2) is 0 Å². The van der Waals surface area contributed by atoms with Gasteiger partial charge in [-0.05, 0) is 35.9 Å². The van der Waals surface area contributed by atoms with Crippen molar-refractivity contribution in [1.29, 1.82) is 0 Å². The van der Waals surface area contributed by atoms with Gasteiger partial charge in [-0.1, -0.05) is 28.1 Å². The molecule has 3 rings (SSSR count). The Bertz CT molecular complexity index is 716. The Morgan fingerprint density at radius 1 is 1.29 bits per heavy atom. The van der Waals surface area contributed by atoms with Gasteiger partial charge in [-0.15, -0.1) is 0 Å². The predicted molar refractivity (Wildman–Crippen MR) is 83.4 cm³/mol. The molecule has 4 nitrogen and oxygen atoms in total. The van der Waals surface area contributed by atoms with E-state index in [1.807, 2.05) is 30.3 Å². The predicted octanol–water partition coefficient (Wildman–Crippen LogP) is 2.84. The lowest BCUT2D eigenvalue weighted by molar-refractivity contribution is -0.133. The highest BCUT2D eigenvalue weighted by molar-refractivity contribution is 9.10. The Morgan fingerprint density at radius 3 is 2.86 bits per heavy atom. The summed E-state index contributed by atoms with van der Waals surface area (Å²) >= 11 is 3.37. The first-order chi connectivity index (χ1) is 10.0. The van der Waals surface area contributed by atoms with E-state index >= 15 is 0 Å². The quantitative estimate of drug-likeness (QED) is 0.897. The van der Waals surface area contributed by atoms with Crippen LogP contribution in [0.15, 0.2) is 46.9 Å². The summed E-state index contributed by atoms with van der Waals surface area (Å²) in [6, 6.07) is 12.7. The molecule has 108 valence electrons. The van der Waals surface area contributed by atoms with E-state index in [4.69, 9.17) is 4.74 Å². The fraction of sp³-hybridized carbons (Fsp3) is 0.188. The van der Waals surface area contributed by atoms with Gasteiger partial charge in [0.05, 0.1) is 7.11 Å². The molecule has 0 bridgehead atoms. The van der Waals surface area contributed by atoms with E-state index in [0.29, 0.717) is 17.0 Å². The van der Waals surface area contributed by atoms with Crippen molar-refractivity contribution in [3.63, 3.8) is 0 Å². The van der Waals surface area contributed by atoms with Crippen LogP contribution < -0.4 is 10.1 Å². The number of anilines is 1. The van der Waals surface area contributed by atoms with Crippen molar-refractivity contribution in [2.75, 3.05) is 12.4 Å². The van der Waals surface area contributed by atoms with Crippen LogP contribution in [0, 0.1) is 0 Å². The minimum atomic E-state index is -1.56. The maximum atomic E-state index is 12.2. The van der Waals surface area contributed by atoms with Gasteiger partial charge < -0.3 is 15.2 Å². The van der Waals surface area contributed by atoms with Gasteiger partial charge in [0.1, 0.15) is 5.75 Å². The monoisotopic (exact) mass is 347 g/mol. The van der Waals surface area contributed by atoms with Gasteiger partial charge in [-0.3, -0.25) is 4.79 Å². The molecule has 1 heterocycles. The summed E-state index contributed by atoms with van der Waals surface area (Å²) in [4.78, 5) is 12.2. The Hall–Kier alpha value is -1.85. The third kappa shape index (κ3) is 2.43. The molecular weight excluding hydrogens is 334 g/mol. The van der Waals surface area contributed by atoms with E-state index in [9.17, 15) is 9.90 Å². The average molecular weight is 348 g/mol. The Labute approximate surface area is 130 Å². The molecular formula is C16H14BrNO3. The maximum Gasteiger partial charge on any atom is 0.261 e. The summed E-state index contributed by atoms with van der Waals surface area (Å²) in [7, 11) is 1.59. The SMILES string of the molecule is COc1cccc(C[C@]2(O)C(=O)Nc3ccc(Br)cc32)c1. The molecule has 0 fully saturated rings. The number of aliphatic hydroxyl groups is 1. The van der Waals surface area contributed by atoms with Crippen molar-refractivity contribution in [3.8, 4) is 5.75 Å². The molecule has 2 aromatic rings. The van der Waals surface area contributed by atoms with Crippen LogP contribution >= 0.6 is 15.9 Å². The van der Waals surface area contributed by atoms with Crippen LogP contribution in [0.2, 0.25) is 0 Å². The molecule has 2 N–H and O–H groups in total. The lowest BCUT2D eigenvalue weighted by Crippen LogP contribution is -2.36. The van der Waals surface area contributed by atoms with Crippen molar-refractivity contribution in [3.05, 3.63) is 58.1 Å². The second-order valence-corrected chi connectivity index (χ2v) is 5.95. The Kier molecular flexibility index (Phi) is 3.47. The van der Waals surface area contributed by atoms with Crippen LogP contribution in [0.3, 0.4) is 0 Å². The molecule has 21 heavy (non-hydrogen) atoms. The van der Waals surface area contributed by atoms with E-state index in [0.717, 1.165) is 10.0 Å². The van der Waals surface area contributed by atoms with E-state index in [-0.39, 0.29) is 6.42 Å². The molecule has 0 aromatic heterocycles. The number of halogens is 1. The van der Waals surface area contributed by atoms with Gasteiger partial charge in [0.15, 0.2) is 5.60 Å². The molecule has 0 aliphatic carbocycles. The number of carbonyl (C=O) groups is 1.